The lowest BCUT2D eigenvalue weighted by Crippen LogP contribution is -2.42. The SMILES string of the molecule is CC(O)C(O)C(N)CCO. The fraction of sp³-hybridized carbons (Fsp3) is 1.00. The van der Waals surface area contributed by atoms with Gasteiger partial charge in [-0.2, -0.15) is 0 Å². The quantitative estimate of drug-likeness (QED) is 0.389. The third-order valence-corrected chi connectivity index (χ3v) is 1.40. The number of hydrogen-bond acceptors (Lipinski definition) is 4. The molecule has 0 amide bonds. The Bertz CT molecular complexity index is 87.1. The summed E-state index contributed by atoms with van der Waals surface area (Å²) in [5.74, 6) is 0. The summed E-state index contributed by atoms with van der Waals surface area (Å²) in [5, 5.41) is 26.2. The van der Waals surface area contributed by atoms with Gasteiger partial charge < -0.3 is 21.1 Å². The molecule has 3 unspecified atom stereocenters. The van der Waals surface area contributed by atoms with Crippen LogP contribution in [-0.2, 0) is 0 Å². The van der Waals surface area contributed by atoms with Crippen molar-refractivity contribution in [1.29, 1.82) is 0 Å². The van der Waals surface area contributed by atoms with Gasteiger partial charge in [-0.3, -0.25) is 0 Å². The topological polar surface area (TPSA) is 86.7 Å². The molecule has 4 heteroatoms. The average Bonchev–Trinajstić information content (AvgIpc) is 1.87. The van der Waals surface area contributed by atoms with Gasteiger partial charge in [-0.05, 0) is 13.3 Å². The molecule has 0 bridgehead atoms. The Kier molecular flexibility index (Phi) is 4.55. The Labute approximate surface area is 60.3 Å². The molecule has 62 valence electrons. The zero-order valence-corrected chi connectivity index (χ0v) is 6.07. The summed E-state index contributed by atoms with van der Waals surface area (Å²) >= 11 is 0. The first-order valence-corrected chi connectivity index (χ1v) is 3.32. The minimum atomic E-state index is -0.938. The summed E-state index contributed by atoms with van der Waals surface area (Å²) in [7, 11) is 0. The lowest BCUT2D eigenvalue weighted by Gasteiger charge is -2.19. The Morgan fingerprint density at radius 3 is 2.20 bits per heavy atom. The number of nitrogens with two attached hydrogens (primary N) is 1. The van der Waals surface area contributed by atoms with E-state index in [-0.39, 0.29) is 6.61 Å². The number of aliphatic hydroxyl groups excluding tert-OH is 3. The van der Waals surface area contributed by atoms with Gasteiger partial charge in [0, 0.05) is 12.6 Å². The van der Waals surface area contributed by atoms with Crippen molar-refractivity contribution < 1.29 is 15.3 Å². The maximum Gasteiger partial charge on any atom is 0.0947 e. The molecule has 0 rings (SSSR count). The van der Waals surface area contributed by atoms with Crippen LogP contribution in [0.5, 0.6) is 0 Å². The number of hydrogen-bond donors (Lipinski definition) is 4. The maximum absolute atomic E-state index is 9.04. The second-order valence-corrected chi connectivity index (χ2v) is 2.41. The summed E-state index contributed by atoms with van der Waals surface area (Å²) < 4.78 is 0. The van der Waals surface area contributed by atoms with Gasteiger partial charge in [-0.15, -0.1) is 0 Å². The molecule has 4 nitrogen and oxygen atoms in total. The summed E-state index contributed by atoms with van der Waals surface area (Å²) in [6.07, 6.45) is -1.46. The van der Waals surface area contributed by atoms with Gasteiger partial charge in [0.1, 0.15) is 0 Å². The molecule has 3 atom stereocenters. The van der Waals surface area contributed by atoms with E-state index in [1.54, 1.807) is 0 Å². The molecule has 0 aliphatic carbocycles. The first-order chi connectivity index (χ1) is 4.59. The zero-order valence-electron chi connectivity index (χ0n) is 6.07. The van der Waals surface area contributed by atoms with E-state index in [4.69, 9.17) is 21.1 Å². The highest BCUT2D eigenvalue weighted by Gasteiger charge is 2.18. The van der Waals surface area contributed by atoms with E-state index in [2.05, 4.69) is 0 Å². The molecular weight excluding hydrogens is 134 g/mol. The minimum Gasteiger partial charge on any atom is -0.396 e. The van der Waals surface area contributed by atoms with E-state index in [0.717, 1.165) is 0 Å². The first-order valence-electron chi connectivity index (χ1n) is 3.32. The summed E-state index contributed by atoms with van der Waals surface area (Å²) in [6.45, 7) is 1.40. The molecule has 0 spiro atoms. The van der Waals surface area contributed by atoms with E-state index in [1.165, 1.54) is 6.92 Å². The molecule has 0 saturated carbocycles. The summed E-state index contributed by atoms with van der Waals surface area (Å²) in [6, 6.07) is -0.537. The number of rotatable bonds is 4. The van der Waals surface area contributed by atoms with E-state index in [1.807, 2.05) is 0 Å². The Balaban J connectivity index is 3.58. The third-order valence-electron chi connectivity index (χ3n) is 1.40. The van der Waals surface area contributed by atoms with Crippen molar-refractivity contribution >= 4 is 0 Å². The average molecular weight is 149 g/mol. The molecule has 0 saturated heterocycles. The van der Waals surface area contributed by atoms with E-state index in [0.29, 0.717) is 6.42 Å². The van der Waals surface area contributed by atoms with Crippen LogP contribution in [0.4, 0.5) is 0 Å². The molecule has 0 aromatic heterocycles. The van der Waals surface area contributed by atoms with Crippen molar-refractivity contribution in [3.63, 3.8) is 0 Å². The van der Waals surface area contributed by atoms with Crippen molar-refractivity contribution in [2.75, 3.05) is 6.61 Å². The van der Waals surface area contributed by atoms with Crippen molar-refractivity contribution in [3.8, 4) is 0 Å². The second-order valence-electron chi connectivity index (χ2n) is 2.41. The fourth-order valence-electron chi connectivity index (χ4n) is 0.678. The summed E-state index contributed by atoms with van der Waals surface area (Å²) in [5.41, 5.74) is 5.36. The lowest BCUT2D eigenvalue weighted by molar-refractivity contribution is 0.0104. The van der Waals surface area contributed by atoms with Gasteiger partial charge in [-0.25, -0.2) is 0 Å². The largest absolute Gasteiger partial charge is 0.396 e. The van der Waals surface area contributed by atoms with Gasteiger partial charge in [0.2, 0.25) is 0 Å². The molecule has 0 aromatic rings. The maximum atomic E-state index is 9.04. The van der Waals surface area contributed by atoms with Gasteiger partial charge in [0.25, 0.3) is 0 Å². The fourth-order valence-corrected chi connectivity index (χ4v) is 0.678. The molecule has 0 aliphatic rings. The van der Waals surface area contributed by atoms with Crippen LogP contribution in [0.1, 0.15) is 13.3 Å². The van der Waals surface area contributed by atoms with Crippen LogP contribution in [-0.4, -0.2) is 40.2 Å². The Morgan fingerprint density at radius 1 is 1.40 bits per heavy atom. The van der Waals surface area contributed by atoms with Crippen molar-refractivity contribution in [1.82, 2.24) is 0 Å². The monoisotopic (exact) mass is 149 g/mol. The lowest BCUT2D eigenvalue weighted by atomic mass is 10.1. The number of aliphatic hydroxyl groups is 3. The molecular formula is C6H15NO3. The van der Waals surface area contributed by atoms with Crippen molar-refractivity contribution in [2.45, 2.75) is 31.6 Å². The van der Waals surface area contributed by atoms with Crippen LogP contribution < -0.4 is 5.73 Å². The standard InChI is InChI=1S/C6H15NO3/c1-4(9)6(10)5(7)2-3-8/h4-6,8-10H,2-3,7H2,1H3. The van der Waals surface area contributed by atoms with Crippen LogP contribution in [0.15, 0.2) is 0 Å². The van der Waals surface area contributed by atoms with Gasteiger partial charge in [0.15, 0.2) is 0 Å². The van der Waals surface area contributed by atoms with Crippen molar-refractivity contribution in [3.05, 3.63) is 0 Å². The molecule has 0 radical (unpaired) electrons. The highest BCUT2D eigenvalue weighted by Crippen LogP contribution is 1.99. The molecule has 0 aliphatic heterocycles. The van der Waals surface area contributed by atoms with Gasteiger partial charge >= 0.3 is 0 Å². The zero-order chi connectivity index (χ0) is 8.15. The van der Waals surface area contributed by atoms with Crippen LogP contribution in [0.2, 0.25) is 0 Å². The normalized spacial score (nSPS) is 20.1. The van der Waals surface area contributed by atoms with Crippen LogP contribution in [0.3, 0.4) is 0 Å². The molecule has 5 N–H and O–H groups in total. The highest BCUT2D eigenvalue weighted by atomic mass is 16.3. The minimum absolute atomic E-state index is 0.0645. The molecule has 0 fully saturated rings. The van der Waals surface area contributed by atoms with E-state index < -0.39 is 18.2 Å². The van der Waals surface area contributed by atoms with Crippen LogP contribution in [0.25, 0.3) is 0 Å². The Morgan fingerprint density at radius 2 is 1.90 bits per heavy atom. The summed E-state index contributed by atoms with van der Waals surface area (Å²) in [4.78, 5) is 0. The van der Waals surface area contributed by atoms with Crippen molar-refractivity contribution in [2.24, 2.45) is 5.73 Å². The highest BCUT2D eigenvalue weighted by molar-refractivity contribution is 4.75. The first kappa shape index (κ1) is 9.84. The Hall–Kier alpha value is -0.160. The predicted octanol–water partition coefficient (Wildman–Crippen LogP) is -1.56. The predicted molar refractivity (Wildman–Crippen MR) is 37.4 cm³/mol. The molecule has 10 heavy (non-hydrogen) atoms. The van der Waals surface area contributed by atoms with Gasteiger partial charge in [-0.1, -0.05) is 0 Å². The smallest absolute Gasteiger partial charge is 0.0947 e. The third kappa shape index (κ3) is 3.12. The van der Waals surface area contributed by atoms with Crippen LogP contribution >= 0.6 is 0 Å². The van der Waals surface area contributed by atoms with E-state index >= 15 is 0 Å². The van der Waals surface area contributed by atoms with Crippen LogP contribution in [0, 0.1) is 0 Å². The van der Waals surface area contributed by atoms with E-state index in [9.17, 15) is 0 Å². The van der Waals surface area contributed by atoms with Gasteiger partial charge in [0.05, 0.1) is 12.2 Å². The molecule has 0 aromatic carbocycles. The second kappa shape index (κ2) is 4.62. The molecule has 0 heterocycles.